The van der Waals surface area contributed by atoms with E-state index in [0.717, 1.165) is 0 Å². The van der Waals surface area contributed by atoms with Gasteiger partial charge in [0.1, 0.15) is 5.60 Å². The summed E-state index contributed by atoms with van der Waals surface area (Å²) in [6.45, 7) is 5.09. The lowest BCUT2D eigenvalue weighted by molar-refractivity contribution is 0.0634. The summed E-state index contributed by atoms with van der Waals surface area (Å²) in [4.78, 5) is 19.2. The quantitative estimate of drug-likeness (QED) is 0.736. The van der Waals surface area contributed by atoms with Crippen LogP contribution >= 0.6 is 0 Å². The minimum Gasteiger partial charge on any atom is -0.444 e. The van der Waals surface area contributed by atoms with Crippen molar-refractivity contribution in [2.75, 3.05) is 11.9 Å². The van der Waals surface area contributed by atoms with E-state index in [1.54, 1.807) is 20.8 Å². The maximum Gasteiger partial charge on any atom is 0.414 e. The molecule has 1 rings (SSSR count). The van der Waals surface area contributed by atoms with Crippen molar-refractivity contribution < 1.29 is 14.6 Å². The lowest BCUT2D eigenvalue weighted by atomic mass is 10.2. The van der Waals surface area contributed by atoms with Gasteiger partial charge in [-0.1, -0.05) is 0 Å². The molecule has 0 fully saturated rings. The molecular formula is C11H18N4O3. The van der Waals surface area contributed by atoms with E-state index in [0.29, 0.717) is 5.56 Å². The third-order valence-corrected chi connectivity index (χ3v) is 1.91. The Hall–Kier alpha value is -1.73. The van der Waals surface area contributed by atoms with Crippen LogP contribution in [0.5, 0.6) is 0 Å². The molecule has 1 aromatic rings. The first-order valence-electron chi connectivity index (χ1n) is 5.50. The van der Waals surface area contributed by atoms with Crippen LogP contribution in [0.1, 0.15) is 32.4 Å². The van der Waals surface area contributed by atoms with Crippen molar-refractivity contribution in [2.24, 2.45) is 5.73 Å². The highest BCUT2D eigenvalue weighted by atomic mass is 16.6. The Balaban J connectivity index is 2.61. The van der Waals surface area contributed by atoms with E-state index >= 15 is 0 Å². The summed E-state index contributed by atoms with van der Waals surface area (Å²) in [5.74, 6) is 0.123. The fraction of sp³-hybridized carbons (Fsp3) is 0.545. The van der Waals surface area contributed by atoms with E-state index in [1.807, 2.05) is 0 Å². The number of carbonyl (C=O) groups excluding carboxylic acids is 1. The van der Waals surface area contributed by atoms with Crippen molar-refractivity contribution in [3.63, 3.8) is 0 Å². The summed E-state index contributed by atoms with van der Waals surface area (Å²) in [6, 6.07) is -0.527. The van der Waals surface area contributed by atoms with Crippen LogP contribution in [-0.4, -0.2) is 33.4 Å². The maximum atomic E-state index is 11.4. The molecule has 18 heavy (non-hydrogen) atoms. The Labute approximate surface area is 105 Å². The molecule has 0 bridgehead atoms. The predicted octanol–water partition coefficient (Wildman–Crippen LogP) is 0.816. The third kappa shape index (κ3) is 4.64. The molecule has 1 heterocycles. The smallest absolute Gasteiger partial charge is 0.414 e. The van der Waals surface area contributed by atoms with Crippen LogP contribution in [0.2, 0.25) is 0 Å². The molecule has 0 saturated carbocycles. The Morgan fingerprint density at radius 1 is 1.50 bits per heavy atom. The van der Waals surface area contributed by atoms with Crippen LogP contribution in [0.25, 0.3) is 0 Å². The summed E-state index contributed by atoms with van der Waals surface area (Å²) in [5.41, 5.74) is 5.60. The SMILES string of the molecule is CC(C)(C)OC(=O)Nc1ncc([C@@H](N)CO)cn1. The average Bonchev–Trinajstić information content (AvgIpc) is 2.26. The first kappa shape index (κ1) is 14.3. The van der Waals surface area contributed by atoms with Gasteiger partial charge in [0.15, 0.2) is 0 Å². The standard InChI is InChI=1S/C11H18N4O3/c1-11(2,3)18-10(17)15-9-13-4-7(5-14-9)8(12)6-16/h4-5,8,16H,6,12H2,1-3H3,(H,13,14,15,17)/t8-/m0/s1. The van der Waals surface area contributed by atoms with Gasteiger partial charge in [0.05, 0.1) is 12.6 Å². The third-order valence-electron chi connectivity index (χ3n) is 1.91. The zero-order valence-corrected chi connectivity index (χ0v) is 10.7. The lowest BCUT2D eigenvalue weighted by Crippen LogP contribution is -2.27. The molecular weight excluding hydrogens is 236 g/mol. The second kappa shape index (κ2) is 5.74. The molecule has 0 aliphatic rings. The van der Waals surface area contributed by atoms with Crippen LogP contribution in [0, 0.1) is 0 Å². The molecule has 0 saturated heterocycles. The summed E-state index contributed by atoms with van der Waals surface area (Å²) >= 11 is 0. The van der Waals surface area contributed by atoms with E-state index in [2.05, 4.69) is 15.3 Å². The number of aromatic nitrogens is 2. The van der Waals surface area contributed by atoms with E-state index in [1.165, 1.54) is 12.4 Å². The molecule has 1 atom stereocenters. The molecule has 0 spiro atoms. The molecule has 0 unspecified atom stereocenters. The number of carbonyl (C=O) groups is 1. The van der Waals surface area contributed by atoms with Gasteiger partial charge in [-0.2, -0.15) is 0 Å². The van der Waals surface area contributed by atoms with Gasteiger partial charge in [-0.3, -0.25) is 5.32 Å². The van der Waals surface area contributed by atoms with Crippen molar-refractivity contribution in [3.05, 3.63) is 18.0 Å². The van der Waals surface area contributed by atoms with Crippen molar-refractivity contribution >= 4 is 12.0 Å². The number of ether oxygens (including phenoxy) is 1. The Morgan fingerprint density at radius 2 is 2.06 bits per heavy atom. The maximum absolute atomic E-state index is 11.4. The van der Waals surface area contributed by atoms with Gasteiger partial charge in [-0.25, -0.2) is 14.8 Å². The van der Waals surface area contributed by atoms with Crippen molar-refractivity contribution in [3.8, 4) is 0 Å². The van der Waals surface area contributed by atoms with Crippen LogP contribution in [0.3, 0.4) is 0 Å². The minimum atomic E-state index is -0.623. The monoisotopic (exact) mass is 254 g/mol. The molecule has 7 nitrogen and oxygen atoms in total. The molecule has 1 amide bonds. The number of nitrogens with two attached hydrogens (primary N) is 1. The first-order chi connectivity index (χ1) is 8.31. The van der Waals surface area contributed by atoms with E-state index in [4.69, 9.17) is 15.6 Å². The van der Waals surface area contributed by atoms with Crippen LogP contribution in [-0.2, 0) is 4.74 Å². The van der Waals surface area contributed by atoms with Gasteiger partial charge in [0, 0.05) is 18.0 Å². The zero-order chi connectivity index (χ0) is 13.8. The van der Waals surface area contributed by atoms with Gasteiger partial charge in [0.2, 0.25) is 5.95 Å². The summed E-state index contributed by atoms with van der Waals surface area (Å²) in [5, 5.41) is 11.3. The number of anilines is 1. The van der Waals surface area contributed by atoms with Crippen LogP contribution in [0.4, 0.5) is 10.7 Å². The largest absolute Gasteiger partial charge is 0.444 e. The normalized spacial score (nSPS) is 12.9. The fourth-order valence-electron chi connectivity index (χ4n) is 1.09. The number of amides is 1. The van der Waals surface area contributed by atoms with Crippen molar-refractivity contribution in [2.45, 2.75) is 32.4 Å². The summed E-state index contributed by atoms with van der Waals surface area (Å²) in [7, 11) is 0. The molecule has 0 aliphatic heterocycles. The molecule has 0 aliphatic carbocycles. The highest BCUT2D eigenvalue weighted by molar-refractivity contribution is 5.82. The highest BCUT2D eigenvalue weighted by Crippen LogP contribution is 2.10. The number of rotatable bonds is 3. The minimum absolute atomic E-state index is 0.123. The molecule has 4 N–H and O–H groups in total. The van der Waals surface area contributed by atoms with Gasteiger partial charge < -0.3 is 15.6 Å². The summed E-state index contributed by atoms with van der Waals surface area (Å²) < 4.78 is 5.05. The number of hydrogen-bond acceptors (Lipinski definition) is 6. The predicted molar refractivity (Wildman–Crippen MR) is 65.9 cm³/mol. The highest BCUT2D eigenvalue weighted by Gasteiger charge is 2.17. The van der Waals surface area contributed by atoms with E-state index in [-0.39, 0.29) is 12.6 Å². The Kier molecular flexibility index (Phi) is 4.57. The Morgan fingerprint density at radius 3 is 2.50 bits per heavy atom. The van der Waals surface area contributed by atoms with Crippen molar-refractivity contribution in [1.29, 1.82) is 0 Å². The van der Waals surface area contributed by atoms with Crippen molar-refractivity contribution in [1.82, 2.24) is 9.97 Å². The first-order valence-corrected chi connectivity index (χ1v) is 5.50. The number of nitrogens with one attached hydrogen (secondary N) is 1. The fourth-order valence-corrected chi connectivity index (χ4v) is 1.09. The van der Waals surface area contributed by atoms with Gasteiger partial charge in [-0.15, -0.1) is 0 Å². The second-order valence-corrected chi connectivity index (χ2v) is 4.76. The molecule has 0 radical (unpaired) electrons. The number of nitrogens with zero attached hydrogens (tertiary/aromatic N) is 2. The zero-order valence-electron chi connectivity index (χ0n) is 10.7. The van der Waals surface area contributed by atoms with Gasteiger partial charge in [0.25, 0.3) is 0 Å². The molecule has 1 aromatic heterocycles. The topological polar surface area (TPSA) is 110 Å². The van der Waals surface area contributed by atoms with Crippen LogP contribution in [0.15, 0.2) is 12.4 Å². The van der Waals surface area contributed by atoms with E-state index in [9.17, 15) is 4.79 Å². The number of hydrogen-bond donors (Lipinski definition) is 3. The summed E-state index contributed by atoms with van der Waals surface area (Å²) in [6.07, 6.45) is 2.27. The van der Waals surface area contributed by atoms with E-state index < -0.39 is 17.7 Å². The average molecular weight is 254 g/mol. The lowest BCUT2D eigenvalue weighted by Gasteiger charge is -2.19. The molecule has 0 aromatic carbocycles. The molecule has 7 heteroatoms. The molecule has 100 valence electrons. The second-order valence-electron chi connectivity index (χ2n) is 4.76. The number of aliphatic hydroxyl groups is 1. The Bertz CT molecular complexity index is 400. The van der Waals surface area contributed by atoms with Gasteiger partial charge in [-0.05, 0) is 20.8 Å². The van der Waals surface area contributed by atoms with Crippen LogP contribution < -0.4 is 11.1 Å². The number of aliphatic hydroxyl groups excluding tert-OH is 1. The van der Waals surface area contributed by atoms with Gasteiger partial charge >= 0.3 is 6.09 Å².